The van der Waals surface area contributed by atoms with E-state index in [9.17, 15) is 4.79 Å². The Bertz CT molecular complexity index is 252. The molecule has 12 heavy (non-hydrogen) atoms. The van der Waals surface area contributed by atoms with E-state index >= 15 is 0 Å². The summed E-state index contributed by atoms with van der Waals surface area (Å²) in [5.74, 6) is -0.282. The molecule has 0 saturated carbocycles. The Balaban J connectivity index is 2.37. The molecular weight excluding hydrogens is 156 g/mol. The molecule has 0 fully saturated rings. The van der Waals surface area contributed by atoms with Crippen LogP contribution in [0.4, 0.5) is 0 Å². The Kier molecular flexibility index (Phi) is 2.83. The number of likely N-dealkylation sites (N-methyl/N-ethyl adjacent to an activating group) is 1. The summed E-state index contributed by atoms with van der Waals surface area (Å²) in [6.45, 7) is 1.36. The quantitative estimate of drug-likeness (QED) is 0.435. The average Bonchev–Trinajstić information content (AvgIpc) is 2.36. The minimum atomic E-state index is -0.282. The van der Waals surface area contributed by atoms with Crippen molar-refractivity contribution in [1.82, 2.24) is 4.90 Å². The zero-order valence-corrected chi connectivity index (χ0v) is 6.91. The summed E-state index contributed by atoms with van der Waals surface area (Å²) in [5, 5.41) is 8.35. The van der Waals surface area contributed by atoms with Crippen LogP contribution in [0.1, 0.15) is 0 Å². The highest BCUT2D eigenvalue weighted by molar-refractivity contribution is 5.85. The maximum Gasteiger partial charge on any atom is 0.331 e. The molecule has 4 nitrogen and oxygen atoms in total. The van der Waals surface area contributed by atoms with Crippen LogP contribution in [0.5, 0.6) is 0 Å². The van der Waals surface area contributed by atoms with Crippen molar-refractivity contribution in [2.24, 2.45) is 0 Å². The summed E-state index contributed by atoms with van der Waals surface area (Å²) in [6.07, 6.45) is 1.48. The van der Waals surface area contributed by atoms with E-state index in [1.807, 2.05) is 18.0 Å². The Hall–Kier alpha value is -1.34. The molecule has 0 unspecified atom stereocenters. The van der Waals surface area contributed by atoms with E-state index in [2.05, 4.69) is 0 Å². The van der Waals surface area contributed by atoms with Gasteiger partial charge in [-0.25, -0.2) is 4.79 Å². The molecular formula is C8H10N2O2. The maximum atomic E-state index is 10.6. The van der Waals surface area contributed by atoms with Gasteiger partial charge in [0.1, 0.15) is 6.61 Å². The van der Waals surface area contributed by atoms with E-state index in [0.29, 0.717) is 19.7 Å². The Labute approximate surface area is 71.0 Å². The predicted molar refractivity (Wildman–Crippen MR) is 42.2 cm³/mol. The van der Waals surface area contributed by atoms with Crippen LogP contribution in [-0.2, 0) is 9.53 Å². The van der Waals surface area contributed by atoms with Crippen molar-refractivity contribution in [3.05, 3.63) is 11.6 Å². The topological polar surface area (TPSA) is 53.3 Å². The first-order valence-electron chi connectivity index (χ1n) is 3.64. The molecule has 0 aromatic heterocycles. The van der Waals surface area contributed by atoms with E-state index < -0.39 is 0 Å². The predicted octanol–water partition coefficient (Wildman–Crippen LogP) is -0.0750. The number of hydrogen-bond donors (Lipinski definition) is 0. The van der Waals surface area contributed by atoms with Crippen LogP contribution in [0.15, 0.2) is 11.6 Å². The second-order valence-corrected chi connectivity index (χ2v) is 2.74. The van der Waals surface area contributed by atoms with Gasteiger partial charge in [-0.15, -0.1) is 0 Å². The number of rotatable bonds is 3. The molecule has 0 bridgehead atoms. The van der Waals surface area contributed by atoms with Gasteiger partial charge in [0.25, 0.3) is 0 Å². The highest BCUT2D eigenvalue weighted by Gasteiger charge is 2.13. The van der Waals surface area contributed by atoms with Gasteiger partial charge < -0.3 is 4.74 Å². The van der Waals surface area contributed by atoms with E-state index in [1.165, 1.54) is 6.08 Å². The summed E-state index contributed by atoms with van der Waals surface area (Å²) in [6, 6.07) is 2.03. The third-order valence-corrected chi connectivity index (χ3v) is 1.54. The van der Waals surface area contributed by atoms with Gasteiger partial charge in [0.05, 0.1) is 12.6 Å². The van der Waals surface area contributed by atoms with Gasteiger partial charge >= 0.3 is 5.97 Å². The van der Waals surface area contributed by atoms with Crippen molar-refractivity contribution in [2.75, 3.05) is 26.7 Å². The number of nitriles is 1. The molecule has 0 saturated heterocycles. The Morgan fingerprint density at radius 3 is 3.08 bits per heavy atom. The second-order valence-electron chi connectivity index (χ2n) is 2.74. The fourth-order valence-electron chi connectivity index (χ4n) is 1.03. The third-order valence-electron chi connectivity index (χ3n) is 1.54. The van der Waals surface area contributed by atoms with Crippen LogP contribution in [-0.4, -0.2) is 37.6 Å². The molecule has 0 aromatic rings. The minimum Gasteiger partial charge on any atom is -0.458 e. The lowest BCUT2D eigenvalue weighted by atomic mass is 10.3. The number of nitrogens with zero attached hydrogens (tertiary/aromatic N) is 2. The molecule has 1 heterocycles. The van der Waals surface area contributed by atoms with Crippen LogP contribution in [0.25, 0.3) is 0 Å². The summed E-state index contributed by atoms with van der Waals surface area (Å²) in [7, 11) is 1.83. The molecule has 1 aliphatic heterocycles. The van der Waals surface area contributed by atoms with Gasteiger partial charge in [-0.05, 0) is 12.6 Å². The first kappa shape index (κ1) is 8.75. The molecule has 0 N–H and O–H groups in total. The Morgan fingerprint density at radius 2 is 2.58 bits per heavy atom. The van der Waals surface area contributed by atoms with Gasteiger partial charge in [-0.3, -0.25) is 4.90 Å². The van der Waals surface area contributed by atoms with E-state index in [-0.39, 0.29) is 5.97 Å². The zero-order valence-electron chi connectivity index (χ0n) is 6.91. The summed E-state index contributed by atoms with van der Waals surface area (Å²) in [5.41, 5.74) is 0.928. The van der Waals surface area contributed by atoms with Gasteiger partial charge in [-0.2, -0.15) is 5.26 Å². The van der Waals surface area contributed by atoms with Crippen LogP contribution >= 0.6 is 0 Å². The molecule has 0 amide bonds. The lowest BCUT2D eigenvalue weighted by Gasteiger charge is -2.11. The van der Waals surface area contributed by atoms with Gasteiger partial charge in [-0.1, -0.05) is 0 Å². The zero-order chi connectivity index (χ0) is 8.97. The number of esters is 1. The molecule has 4 heteroatoms. The number of hydrogen-bond acceptors (Lipinski definition) is 4. The first-order valence-corrected chi connectivity index (χ1v) is 3.64. The molecule has 1 aliphatic rings. The molecule has 0 aromatic carbocycles. The van der Waals surface area contributed by atoms with Crippen LogP contribution in [0, 0.1) is 11.3 Å². The number of cyclic esters (lactones) is 1. The first-order chi connectivity index (χ1) is 5.72. The Morgan fingerprint density at radius 1 is 1.83 bits per heavy atom. The summed E-state index contributed by atoms with van der Waals surface area (Å²) < 4.78 is 4.70. The van der Waals surface area contributed by atoms with E-state index in [4.69, 9.17) is 10.00 Å². The van der Waals surface area contributed by atoms with E-state index in [0.717, 1.165) is 5.57 Å². The van der Waals surface area contributed by atoms with Crippen molar-refractivity contribution in [3.8, 4) is 6.07 Å². The fourth-order valence-corrected chi connectivity index (χ4v) is 1.03. The number of carbonyl (C=O) groups excluding carboxylic acids is 1. The van der Waals surface area contributed by atoms with Crippen molar-refractivity contribution in [1.29, 1.82) is 5.26 Å². The SMILES string of the molecule is CN(CC#N)CC1=CC(=O)OC1. The highest BCUT2D eigenvalue weighted by Crippen LogP contribution is 2.06. The minimum absolute atomic E-state index is 0.282. The van der Waals surface area contributed by atoms with Crippen molar-refractivity contribution in [3.63, 3.8) is 0 Å². The normalized spacial score (nSPS) is 15.8. The average molecular weight is 166 g/mol. The van der Waals surface area contributed by atoms with Crippen molar-refractivity contribution in [2.45, 2.75) is 0 Å². The monoisotopic (exact) mass is 166 g/mol. The highest BCUT2D eigenvalue weighted by atomic mass is 16.5. The largest absolute Gasteiger partial charge is 0.458 e. The maximum absolute atomic E-state index is 10.6. The molecule has 0 spiro atoms. The van der Waals surface area contributed by atoms with Gasteiger partial charge in [0.15, 0.2) is 0 Å². The summed E-state index contributed by atoms with van der Waals surface area (Å²) >= 11 is 0. The van der Waals surface area contributed by atoms with Crippen LogP contribution < -0.4 is 0 Å². The van der Waals surface area contributed by atoms with Gasteiger partial charge in [0, 0.05) is 12.6 Å². The van der Waals surface area contributed by atoms with E-state index in [1.54, 1.807) is 0 Å². The summed E-state index contributed by atoms with van der Waals surface area (Å²) in [4.78, 5) is 12.4. The third kappa shape index (κ3) is 2.36. The lowest BCUT2D eigenvalue weighted by molar-refractivity contribution is -0.134. The second kappa shape index (κ2) is 3.88. The molecule has 1 rings (SSSR count). The standard InChI is InChI=1S/C8H10N2O2/c1-10(3-2-9)5-7-4-8(11)12-6-7/h4H,3,5-6H2,1H3. The number of ether oxygens (including phenoxy) is 1. The van der Waals surface area contributed by atoms with Crippen molar-refractivity contribution >= 4 is 5.97 Å². The molecule has 0 atom stereocenters. The molecule has 0 aliphatic carbocycles. The number of carbonyl (C=O) groups is 1. The van der Waals surface area contributed by atoms with Crippen LogP contribution in [0.3, 0.4) is 0 Å². The smallest absolute Gasteiger partial charge is 0.331 e. The van der Waals surface area contributed by atoms with Crippen molar-refractivity contribution < 1.29 is 9.53 Å². The van der Waals surface area contributed by atoms with Gasteiger partial charge in [0.2, 0.25) is 0 Å². The fraction of sp³-hybridized carbons (Fsp3) is 0.500. The molecule has 0 radical (unpaired) electrons. The molecule has 64 valence electrons. The van der Waals surface area contributed by atoms with Crippen LogP contribution in [0.2, 0.25) is 0 Å². The lowest BCUT2D eigenvalue weighted by Crippen LogP contribution is -2.21.